The molecule has 0 radical (unpaired) electrons. The molecule has 0 amide bonds. The van der Waals surface area contributed by atoms with Crippen molar-refractivity contribution in [1.82, 2.24) is 0 Å². The van der Waals surface area contributed by atoms with Crippen molar-refractivity contribution in [1.29, 1.82) is 0 Å². The Hall–Kier alpha value is -1.14. The van der Waals surface area contributed by atoms with E-state index in [0.717, 1.165) is 19.3 Å². The zero-order chi connectivity index (χ0) is 17.7. The van der Waals surface area contributed by atoms with Gasteiger partial charge in [0.25, 0.3) is 0 Å². The van der Waals surface area contributed by atoms with Crippen LogP contribution in [0.25, 0.3) is 0 Å². The van der Waals surface area contributed by atoms with Crippen LogP contribution in [0.15, 0.2) is 0 Å². The van der Waals surface area contributed by atoms with Crippen LogP contribution >= 0.6 is 0 Å². The molecule has 2 N–H and O–H groups in total. The third-order valence-corrected chi connectivity index (χ3v) is 5.87. The normalized spacial score (nSPS) is 38.7. The molecule has 4 fully saturated rings. The lowest BCUT2D eigenvalue weighted by Crippen LogP contribution is -2.58. The molecule has 24 heavy (non-hydrogen) atoms. The van der Waals surface area contributed by atoms with Crippen LogP contribution in [0.4, 0.5) is 0 Å². The first-order chi connectivity index (χ1) is 11.1. The minimum atomic E-state index is -1.46. The Kier molecular flexibility index (Phi) is 4.41. The molecule has 6 nitrogen and oxygen atoms in total. The lowest BCUT2D eigenvalue weighted by Gasteiger charge is -2.58. The first-order valence-electron chi connectivity index (χ1n) is 8.86. The van der Waals surface area contributed by atoms with E-state index in [1.807, 2.05) is 20.8 Å². The lowest BCUT2D eigenvalue weighted by atomic mass is 9.48. The molecule has 0 aliphatic heterocycles. The SMILES string of the molecule is CC(C)(C)C(=O)OC1C2CC3CC1CC(C(=O)OC(O)CO)(C3)C2. The molecule has 0 aromatic carbocycles. The third kappa shape index (κ3) is 3.06. The maximum absolute atomic E-state index is 12.6. The van der Waals surface area contributed by atoms with Crippen LogP contribution in [0.5, 0.6) is 0 Å². The molecule has 0 aromatic heterocycles. The summed E-state index contributed by atoms with van der Waals surface area (Å²) in [5.41, 5.74) is -1.12. The summed E-state index contributed by atoms with van der Waals surface area (Å²) in [4.78, 5) is 24.8. The molecule has 3 atom stereocenters. The Morgan fingerprint density at radius 3 is 2.25 bits per heavy atom. The first-order valence-corrected chi connectivity index (χ1v) is 8.86. The van der Waals surface area contributed by atoms with Gasteiger partial charge in [0.15, 0.2) is 0 Å². The molecule has 136 valence electrons. The van der Waals surface area contributed by atoms with Crippen LogP contribution in [-0.2, 0) is 19.1 Å². The molecule has 0 aromatic rings. The standard InChI is InChI=1S/C18H28O6/c1-17(2,3)15(21)24-14-11-4-10-5-12(14)8-18(6-10,7-11)16(22)23-13(20)9-19/h10-14,19-20H,4-9H2,1-3H3. The minimum absolute atomic E-state index is 0.114. The molecular formula is C18H28O6. The summed E-state index contributed by atoms with van der Waals surface area (Å²) in [5.74, 6) is 0.213. The predicted octanol–water partition coefficient (Wildman–Crippen LogP) is 1.62. The Morgan fingerprint density at radius 1 is 1.17 bits per heavy atom. The van der Waals surface area contributed by atoms with Gasteiger partial charge in [-0.05, 0) is 70.6 Å². The zero-order valence-corrected chi connectivity index (χ0v) is 14.7. The van der Waals surface area contributed by atoms with E-state index in [4.69, 9.17) is 14.6 Å². The molecule has 4 aliphatic rings. The largest absolute Gasteiger partial charge is 0.461 e. The van der Waals surface area contributed by atoms with Crippen molar-refractivity contribution in [2.24, 2.45) is 28.6 Å². The Bertz CT molecular complexity index is 506. The van der Waals surface area contributed by atoms with E-state index in [1.165, 1.54) is 0 Å². The van der Waals surface area contributed by atoms with E-state index in [0.29, 0.717) is 18.8 Å². The number of carbonyl (C=O) groups excluding carboxylic acids is 2. The summed E-state index contributed by atoms with van der Waals surface area (Å²) in [6, 6.07) is 0. The van der Waals surface area contributed by atoms with Gasteiger partial charge in [-0.25, -0.2) is 0 Å². The van der Waals surface area contributed by atoms with Gasteiger partial charge in [0.05, 0.1) is 10.8 Å². The molecule has 4 rings (SSSR count). The maximum atomic E-state index is 12.6. The highest BCUT2D eigenvalue weighted by molar-refractivity contribution is 5.78. The van der Waals surface area contributed by atoms with E-state index < -0.39 is 29.7 Å². The quantitative estimate of drug-likeness (QED) is 0.597. The second kappa shape index (κ2) is 5.99. The van der Waals surface area contributed by atoms with Crippen molar-refractivity contribution in [3.63, 3.8) is 0 Å². The highest BCUT2D eigenvalue weighted by Crippen LogP contribution is 2.61. The minimum Gasteiger partial charge on any atom is -0.461 e. The van der Waals surface area contributed by atoms with Crippen LogP contribution in [-0.4, -0.2) is 41.2 Å². The summed E-state index contributed by atoms with van der Waals surface area (Å²) in [6.07, 6.45) is 2.44. The maximum Gasteiger partial charge on any atom is 0.314 e. The van der Waals surface area contributed by atoms with Gasteiger partial charge in [-0.1, -0.05) is 0 Å². The zero-order valence-electron chi connectivity index (χ0n) is 14.7. The van der Waals surface area contributed by atoms with Crippen LogP contribution < -0.4 is 0 Å². The molecule has 4 saturated carbocycles. The molecule has 4 aliphatic carbocycles. The van der Waals surface area contributed by atoms with Crippen molar-refractivity contribution in [3.8, 4) is 0 Å². The fourth-order valence-corrected chi connectivity index (χ4v) is 5.01. The van der Waals surface area contributed by atoms with E-state index >= 15 is 0 Å². The van der Waals surface area contributed by atoms with Gasteiger partial charge in [0.2, 0.25) is 6.29 Å². The Morgan fingerprint density at radius 2 is 1.75 bits per heavy atom. The number of rotatable bonds is 4. The molecule has 4 bridgehead atoms. The summed E-state index contributed by atoms with van der Waals surface area (Å²) < 4.78 is 10.9. The van der Waals surface area contributed by atoms with Gasteiger partial charge in [0, 0.05) is 0 Å². The van der Waals surface area contributed by atoms with Crippen molar-refractivity contribution in [2.75, 3.05) is 6.61 Å². The topological polar surface area (TPSA) is 93.1 Å². The first kappa shape index (κ1) is 17.7. The lowest BCUT2D eigenvalue weighted by molar-refractivity contribution is -0.213. The van der Waals surface area contributed by atoms with Gasteiger partial charge < -0.3 is 19.7 Å². The molecule has 3 unspecified atom stereocenters. The van der Waals surface area contributed by atoms with Gasteiger partial charge in [0.1, 0.15) is 12.7 Å². The van der Waals surface area contributed by atoms with Gasteiger partial charge in [-0.15, -0.1) is 0 Å². The van der Waals surface area contributed by atoms with Crippen LogP contribution in [0.3, 0.4) is 0 Å². The molecular weight excluding hydrogens is 312 g/mol. The second-order valence-electron chi connectivity index (χ2n) is 8.91. The number of ether oxygens (including phenoxy) is 2. The fraction of sp³-hybridized carbons (Fsp3) is 0.889. The Labute approximate surface area is 142 Å². The monoisotopic (exact) mass is 340 g/mol. The number of aliphatic hydroxyl groups is 2. The van der Waals surface area contributed by atoms with E-state index in [-0.39, 0.29) is 23.9 Å². The highest BCUT2D eigenvalue weighted by atomic mass is 16.6. The summed E-state index contributed by atoms with van der Waals surface area (Å²) in [7, 11) is 0. The number of aliphatic hydroxyl groups excluding tert-OH is 2. The Balaban J connectivity index is 1.73. The molecule has 0 spiro atoms. The second-order valence-corrected chi connectivity index (χ2v) is 8.91. The number of esters is 2. The molecule has 0 saturated heterocycles. The molecule has 6 heteroatoms. The van der Waals surface area contributed by atoms with Crippen LogP contribution in [0.1, 0.15) is 52.9 Å². The fourth-order valence-electron chi connectivity index (χ4n) is 5.01. The smallest absolute Gasteiger partial charge is 0.314 e. The number of carbonyl (C=O) groups is 2. The highest BCUT2D eigenvalue weighted by Gasteiger charge is 2.60. The van der Waals surface area contributed by atoms with Gasteiger partial charge in [-0.2, -0.15) is 0 Å². The summed E-state index contributed by atoms with van der Waals surface area (Å²) >= 11 is 0. The van der Waals surface area contributed by atoms with E-state index in [2.05, 4.69) is 0 Å². The van der Waals surface area contributed by atoms with Crippen molar-refractivity contribution in [2.45, 2.75) is 65.3 Å². The number of hydrogen-bond donors (Lipinski definition) is 2. The summed E-state index contributed by atoms with van der Waals surface area (Å²) in [5, 5.41) is 18.3. The van der Waals surface area contributed by atoms with E-state index in [9.17, 15) is 14.7 Å². The van der Waals surface area contributed by atoms with Crippen LogP contribution in [0.2, 0.25) is 0 Å². The average molecular weight is 340 g/mol. The van der Waals surface area contributed by atoms with Crippen molar-refractivity contribution in [3.05, 3.63) is 0 Å². The van der Waals surface area contributed by atoms with Gasteiger partial charge >= 0.3 is 11.9 Å². The van der Waals surface area contributed by atoms with Crippen molar-refractivity contribution < 1.29 is 29.3 Å². The third-order valence-electron chi connectivity index (χ3n) is 5.87. The summed E-state index contributed by atoms with van der Waals surface area (Å²) in [6.45, 7) is 4.95. The number of hydrogen-bond acceptors (Lipinski definition) is 6. The average Bonchev–Trinajstić information content (AvgIpc) is 2.48. The van der Waals surface area contributed by atoms with Gasteiger partial charge in [-0.3, -0.25) is 9.59 Å². The van der Waals surface area contributed by atoms with E-state index in [1.54, 1.807) is 0 Å². The van der Waals surface area contributed by atoms with Crippen LogP contribution in [0, 0.1) is 28.6 Å². The van der Waals surface area contributed by atoms with Crippen molar-refractivity contribution >= 4 is 11.9 Å². The molecule has 0 heterocycles. The predicted molar refractivity (Wildman–Crippen MR) is 84.5 cm³/mol.